The van der Waals surface area contributed by atoms with E-state index in [1.807, 2.05) is 0 Å². The van der Waals surface area contributed by atoms with E-state index in [1.165, 1.54) is 99.1 Å². The summed E-state index contributed by atoms with van der Waals surface area (Å²) in [6.07, 6.45) is 2.14. The summed E-state index contributed by atoms with van der Waals surface area (Å²) >= 11 is 0. The van der Waals surface area contributed by atoms with E-state index in [1.54, 1.807) is 0 Å². The van der Waals surface area contributed by atoms with Crippen molar-refractivity contribution in [3.05, 3.63) is 181 Å². The second-order valence-electron chi connectivity index (χ2n) is 17.4. The molecule has 286 valence electrons. The molecule has 0 fully saturated rings. The summed E-state index contributed by atoms with van der Waals surface area (Å²) in [5.41, 5.74) is 17.3. The van der Waals surface area contributed by atoms with E-state index < -0.39 is 0 Å². The monoisotopic (exact) mass is 761 g/mol. The van der Waals surface area contributed by atoms with Crippen LogP contribution in [0.5, 0.6) is 0 Å². The van der Waals surface area contributed by atoms with Crippen LogP contribution >= 0.6 is 0 Å². The molecule has 0 bridgehead atoms. The maximum Gasteiger partial charge on any atom is 0.0541 e. The third kappa shape index (κ3) is 6.03. The van der Waals surface area contributed by atoms with Gasteiger partial charge in [-0.2, -0.15) is 0 Å². The number of H-pyrrole nitrogens is 1. The van der Waals surface area contributed by atoms with Crippen LogP contribution in [0.15, 0.2) is 170 Å². The van der Waals surface area contributed by atoms with Crippen molar-refractivity contribution in [1.82, 2.24) is 14.1 Å². The first-order chi connectivity index (χ1) is 28.9. The molecule has 11 aromatic rings. The molecule has 0 aliphatic rings. The molecule has 0 saturated carbocycles. The molecule has 3 nitrogen and oxygen atoms in total. The van der Waals surface area contributed by atoms with Crippen molar-refractivity contribution in [3.8, 4) is 33.6 Å². The molecule has 3 heterocycles. The SMILES string of the molecule is CC(C)Cc1cccc(-n2c3ccccc3c3cc(-c4ccc5[nH]c6ccc(-c7ccc8c(c7)c7ccccc7n8-c7cccc(CC(C)C)c7)cc6c5c4)ccc32)c1. The number of hydrogen-bond acceptors (Lipinski definition) is 0. The molecule has 0 aliphatic heterocycles. The van der Waals surface area contributed by atoms with Crippen LogP contribution in [0, 0.1) is 11.8 Å². The van der Waals surface area contributed by atoms with Gasteiger partial charge in [0.1, 0.15) is 0 Å². The normalized spacial score (nSPS) is 12.2. The molecule has 11 rings (SSSR count). The van der Waals surface area contributed by atoms with Gasteiger partial charge in [-0.05, 0) is 143 Å². The number of nitrogens with one attached hydrogen (secondary N) is 1. The van der Waals surface area contributed by atoms with Gasteiger partial charge in [0.25, 0.3) is 0 Å². The third-order valence-electron chi connectivity index (χ3n) is 12.2. The lowest BCUT2D eigenvalue weighted by atomic mass is 9.98. The molecule has 8 aromatic carbocycles. The first kappa shape index (κ1) is 35.3. The van der Waals surface area contributed by atoms with Crippen LogP contribution in [0.3, 0.4) is 0 Å². The van der Waals surface area contributed by atoms with Crippen LogP contribution in [0.4, 0.5) is 0 Å². The second-order valence-corrected chi connectivity index (χ2v) is 17.4. The summed E-state index contributed by atoms with van der Waals surface area (Å²) in [7, 11) is 0. The second kappa shape index (κ2) is 13.9. The van der Waals surface area contributed by atoms with Crippen molar-refractivity contribution >= 4 is 65.4 Å². The van der Waals surface area contributed by atoms with Gasteiger partial charge in [-0.25, -0.2) is 0 Å². The van der Waals surface area contributed by atoms with Gasteiger partial charge in [0.15, 0.2) is 0 Å². The highest BCUT2D eigenvalue weighted by molar-refractivity contribution is 6.13. The Kier molecular flexibility index (Phi) is 8.34. The van der Waals surface area contributed by atoms with Gasteiger partial charge in [0.05, 0.1) is 22.1 Å². The van der Waals surface area contributed by atoms with Gasteiger partial charge in [-0.15, -0.1) is 0 Å². The largest absolute Gasteiger partial charge is 0.355 e. The van der Waals surface area contributed by atoms with Crippen LogP contribution in [0.1, 0.15) is 38.8 Å². The van der Waals surface area contributed by atoms with E-state index in [0.717, 1.165) is 23.9 Å². The number of aromatic nitrogens is 3. The zero-order valence-electron chi connectivity index (χ0n) is 34.1. The Hall–Kier alpha value is -6.84. The average molecular weight is 762 g/mol. The summed E-state index contributed by atoms with van der Waals surface area (Å²) in [6, 6.07) is 63.5. The molecular formula is C56H47N3. The third-order valence-corrected chi connectivity index (χ3v) is 12.2. The highest BCUT2D eigenvalue weighted by atomic mass is 15.0. The first-order valence-electron chi connectivity index (χ1n) is 21.2. The van der Waals surface area contributed by atoms with Gasteiger partial charge in [-0.1, -0.05) is 113 Å². The number of rotatable bonds is 8. The van der Waals surface area contributed by atoms with E-state index >= 15 is 0 Å². The fraction of sp³-hybridized carbons (Fsp3) is 0.143. The number of nitrogens with zero attached hydrogens (tertiary/aromatic N) is 2. The molecule has 3 aromatic heterocycles. The number of aromatic amines is 1. The van der Waals surface area contributed by atoms with Gasteiger partial charge in [-0.3, -0.25) is 0 Å². The highest BCUT2D eigenvalue weighted by Crippen LogP contribution is 2.39. The van der Waals surface area contributed by atoms with Crippen LogP contribution in [0.2, 0.25) is 0 Å². The van der Waals surface area contributed by atoms with Crippen molar-refractivity contribution in [3.63, 3.8) is 0 Å². The zero-order valence-corrected chi connectivity index (χ0v) is 34.1. The number of benzene rings is 8. The quantitative estimate of drug-likeness (QED) is 0.160. The maximum atomic E-state index is 3.71. The van der Waals surface area contributed by atoms with Crippen LogP contribution in [0.25, 0.3) is 99.0 Å². The van der Waals surface area contributed by atoms with E-state index in [0.29, 0.717) is 11.8 Å². The van der Waals surface area contributed by atoms with Crippen molar-refractivity contribution in [2.24, 2.45) is 11.8 Å². The number of fused-ring (bicyclic) bond motifs is 9. The lowest BCUT2D eigenvalue weighted by Crippen LogP contribution is -1.98. The Morgan fingerprint density at radius 2 is 0.746 bits per heavy atom. The molecule has 1 N–H and O–H groups in total. The highest BCUT2D eigenvalue weighted by Gasteiger charge is 2.17. The first-order valence-corrected chi connectivity index (χ1v) is 21.2. The van der Waals surface area contributed by atoms with Gasteiger partial charge in [0.2, 0.25) is 0 Å². The number of hydrogen-bond donors (Lipinski definition) is 1. The fourth-order valence-corrected chi connectivity index (χ4v) is 9.71. The minimum atomic E-state index is 0.610. The Balaban J connectivity index is 1.00. The van der Waals surface area contributed by atoms with Gasteiger partial charge < -0.3 is 14.1 Å². The van der Waals surface area contributed by atoms with Crippen LogP contribution in [-0.4, -0.2) is 14.1 Å². The molecule has 0 spiro atoms. The summed E-state index contributed by atoms with van der Waals surface area (Å²) in [4.78, 5) is 3.71. The van der Waals surface area contributed by atoms with E-state index in [9.17, 15) is 0 Å². The molecule has 59 heavy (non-hydrogen) atoms. The van der Waals surface area contributed by atoms with Gasteiger partial charge in [0, 0.05) is 54.7 Å². The summed E-state index contributed by atoms with van der Waals surface area (Å²) in [5.74, 6) is 1.22. The van der Waals surface area contributed by atoms with E-state index in [4.69, 9.17) is 0 Å². The van der Waals surface area contributed by atoms with E-state index in [2.05, 4.69) is 212 Å². The zero-order chi connectivity index (χ0) is 39.8. The Morgan fingerprint density at radius 1 is 0.356 bits per heavy atom. The molecule has 0 unspecified atom stereocenters. The van der Waals surface area contributed by atoms with Crippen molar-refractivity contribution in [2.45, 2.75) is 40.5 Å². The van der Waals surface area contributed by atoms with Crippen LogP contribution in [-0.2, 0) is 12.8 Å². The summed E-state index contributed by atoms with van der Waals surface area (Å²) in [6.45, 7) is 9.15. The molecular weight excluding hydrogens is 715 g/mol. The van der Waals surface area contributed by atoms with Crippen molar-refractivity contribution < 1.29 is 0 Å². The smallest absolute Gasteiger partial charge is 0.0541 e. The van der Waals surface area contributed by atoms with Crippen LogP contribution < -0.4 is 0 Å². The number of para-hydroxylation sites is 2. The van der Waals surface area contributed by atoms with Crippen molar-refractivity contribution in [2.75, 3.05) is 0 Å². The Labute approximate surface area is 345 Å². The molecule has 0 radical (unpaired) electrons. The predicted molar refractivity (Wildman–Crippen MR) is 252 cm³/mol. The lowest BCUT2D eigenvalue weighted by molar-refractivity contribution is 0.647. The molecule has 0 saturated heterocycles. The summed E-state index contributed by atoms with van der Waals surface area (Å²) < 4.78 is 4.87. The Morgan fingerprint density at radius 3 is 1.19 bits per heavy atom. The lowest BCUT2D eigenvalue weighted by Gasteiger charge is -2.11. The fourth-order valence-electron chi connectivity index (χ4n) is 9.71. The van der Waals surface area contributed by atoms with E-state index in [-0.39, 0.29) is 0 Å². The topological polar surface area (TPSA) is 25.6 Å². The molecule has 0 atom stereocenters. The minimum absolute atomic E-state index is 0.610. The molecule has 0 amide bonds. The van der Waals surface area contributed by atoms with Crippen molar-refractivity contribution in [1.29, 1.82) is 0 Å². The standard InChI is InChI=1S/C56H47N3/c1-35(2)27-37-11-9-13-43(29-37)58-53-17-7-5-15-45(53)49-33-41(21-25-55(49)58)39-19-23-51-47(31-39)48-32-40(20-24-52(48)57-51)42-22-26-56-50(34-42)46-16-6-8-18-54(46)59(56)44-14-10-12-38(30-44)28-36(3)4/h5-26,29-36,57H,27-28H2,1-4H3. The predicted octanol–water partition coefficient (Wildman–Crippen LogP) is 15.2. The van der Waals surface area contributed by atoms with Gasteiger partial charge >= 0.3 is 0 Å². The maximum absolute atomic E-state index is 3.71. The molecule has 0 aliphatic carbocycles. The average Bonchev–Trinajstić information content (AvgIpc) is 3.90. The Bertz CT molecular complexity index is 3180. The minimum Gasteiger partial charge on any atom is -0.355 e. The summed E-state index contributed by atoms with van der Waals surface area (Å²) in [5, 5.41) is 7.57. The molecule has 3 heteroatoms.